The van der Waals surface area contributed by atoms with Gasteiger partial charge in [0.2, 0.25) is 0 Å². The van der Waals surface area contributed by atoms with Gasteiger partial charge in [0.15, 0.2) is 9.84 Å². The topological polar surface area (TPSA) is 55.2 Å². The minimum atomic E-state index is -2.87. The fourth-order valence-electron chi connectivity index (χ4n) is 3.76. The molecule has 1 saturated heterocycles. The summed E-state index contributed by atoms with van der Waals surface area (Å²) in [4.78, 5) is 2.18. The van der Waals surface area contributed by atoms with Gasteiger partial charge in [0.25, 0.3) is 0 Å². The molecule has 0 bridgehead atoms. The van der Waals surface area contributed by atoms with Gasteiger partial charge >= 0.3 is 0 Å². The van der Waals surface area contributed by atoms with Crippen molar-refractivity contribution >= 4 is 9.84 Å². The Morgan fingerprint density at radius 3 is 2.73 bits per heavy atom. The fourth-order valence-corrected chi connectivity index (χ4v) is 5.97. The molecule has 2 heterocycles. The number of rotatable bonds is 4. The first-order valence-corrected chi connectivity index (χ1v) is 10.1. The predicted molar refractivity (Wildman–Crippen MR) is 87.5 cm³/mol. The monoisotopic (exact) mass is 325 g/mol. The van der Waals surface area contributed by atoms with Crippen molar-refractivity contribution < 1.29 is 8.42 Å². The van der Waals surface area contributed by atoms with E-state index in [0.29, 0.717) is 11.8 Å². The minimum absolute atomic E-state index is 0.244. The maximum absolute atomic E-state index is 11.8. The molecule has 1 aromatic rings. The van der Waals surface area contributed by atoms with E-state index in [1.807, 2.05) is 13.2 Å². The Bertz CT molecular complexity index is 619. The van der Waals surface area contributed by atoms with E-state index in [2.05, 4.69) is 27.8 Å². The second kappa shape index (κ2) is 5.96. The lowest BCUT2D eigenvalue weighted by Gasteiger charge is -2.34. The molecule has 0 spiro atoms. The largest absolute Gasteiger partial charge is 0.296 e. The Balaban J connectivity index is 1.64. The highest BCUT2D eigenvalue weighted by Crippen LogP contribution is 2.30. The number of hydrogen-bond donors (Lipinski definition) is 0. The molecule has 1 saturated carbocycles. The number of sulfone groups is 1. The molecule has 3 rings (SSSR count). The quantitative estimate of drug-likeness (QED) is 0.853. The maximum Gasteiger partial charge on any atom is 0.152 e. The van der Waals surface area contributed by atoms with Gasteiger partial charge in [0, 0.05) is 23.8 Å². The summed E-state index contributed by atoms with van der Waals surface area (Å²) in [7, 11) is -0.839. The molecule has 1 aliphatic heterocycles. The van der Waals surface area contributed by atoms with Crippen molar-refractivity contribution in [3.8, 4) is 0 Å². The van der Waals surface area contributed by atoms with Crippen LogP contribution in [0.15, 0.2) is 12.4 Å². The van der Waals surface area contributed by atoms with Crippen molar-refractivity contribution in [1.82, 2.24) is 14.7 Å². The van der Waals surface area contributed by atoms with Gasteiger partial charge in [-0.15, -0.1) is 0 Å². The molecule has 2 aliphatic rings. The van der Waals surface area contributed by atoms with Crippen LogP contribution in [0.5, 0.6) is 0 Å². The van der Waals surface area contributed by atoms with Gasteiger partial charge in [-0.05, 0) is 33.2 Å². The average Bonchev–Trinajstić information content (AvgIpc) is 3.05. The Hall–Kier alpha value is -0.880. The number of hydrogen-bond acceptors (Lipinski definition) is 4. The highest BCUT2D eigenvalue weighted by Gasteiger charge is 2.41. The molecule has 2 fully saturated rings. The van der Waals surface area contributed by atoms with Crippen molar-refractivity contribution in [2.75, 3.05) is 18.6 Å². The first-order valence-electron chi connectivity index (χ1n) is 8.33. The second-order valence-electron chi connectivity index (χ2n) is 7.32. The zero-order valence-electron chi connectivity index (χ0n) is 13.7. The summed E-state index contributed by atoms with van der Waals surface area (Å²) in [6.45, 7) is 2.82. The van der Waals surface area contributed by atoms with Crippen molar-refractivity contribution in [2.24, 2.45) is 0 Å². The Labute approximate surface area is 133 Å². The van der Waals surface area contributed by atoms with Crippen molar-refractivity contribution in [3.63, 3.8) is 0 Å². The van der Waals surface area contributed by atoms with E-state index in [1.54, 1.807) is 0 Å². The van der Waals surface area contributed by atoms with Crippen LogP contribution in [0, 0.1) is 0 Å². The van der Waals surface area contributed by atoms with Crippen LogP contribution in [0.4, 0.5) is 0 Å². The van der Waals surface area contributed by atoms with Gasteiger partial charge in [0.1, 0.15) is 0 Å². The third-order valence-electron chi connectivity index (χ3n) is 5.43. The molecule has 22 heavy (non-hydrogen) atoms. The van der Waals surface area contributed by atoms with E-state index < -0.39 is 9.84 Å². The van der Waals surface area contributed by atoms with Gasteiger partial charge in [-0.2, -0.15) is 5.10 Å². The average molecular weight is 325 g/mol. The highest BCUT2D eigenvalue weighted by molar-refractivity contribution is 7.91. The van der Waals surface area contributed by atoms with Crippen LogP contribution in [0.1, 0.15) is 57.1 Å². The van der Waals surface area contributed by atoms with Crippen molar-refractivity contribution in [3.05, 3.63) is 18.0 Å². The van der Waals surface area contributed by atoms with E-state index in [1.165, 1.54) is 37.7 Å². The molecule has 0 amide bonds. The summed E-state index contributed by atoms with van der Waals surface area (Å²) >= 11 is 0. The summed E-state index contributed by atoms with van der Waals surface area (Å²) in [6, 6.07) is 0.551. The number of nitrogens with zero attached hydrogens (tertiary/aromatic N) is 3. The van der Waals surface area contributed by atoms with E-state index in [0.717, 1.165) is 13.0 Å². The lowest BCUT2D eigenvalue weighted by molar-refractivity contribution is 0.154. The Kier molecular flexibility index (Phi) is 4.34. The standard InChI is InChI=1S/C16H27N3O2S/c1-16(8-9-22(20,21)13-16)18(2)11-14-10-17-19(12-14)15-6-4-3-5-7-15/h10,12,15H,3-9,11,13H2,1-2H3. The SMILES string of the molecule is CN(Cc1cnn(C2CCCCC2)c1)C1(C)CCS(=O)(=O)C1. The lowest BCUT2D eigenvalue weighted by atomic mass is 9.96. The van der Waals surface area contributed by atoms with Crippen LogP contribution in [-0.2, 0) is 16.4 Å². The van der Waals surface area contributed by atoms with E-state index in [4.69, 9.17) is 0 Å². The molecule has 0 aromatic carbocycles. The molecule has 5 nitrogen and oxygen atoms in total. The molecule has 1 aliphatic carbocycles. The zero-order chi connectivity index (χ0) is 15.8. The molecule has 0 N–H and O–H groups in total. The van der Waals surface area contributed by atoms with Crippen LogP contribution in [0.2, 0.25) is 0 Å². The van der Waals surface area contributed by atoms with Gasteiger partial charge < -0.3 is 0 Å². The normalized spacial score (nSPS) is 29.2. The molecular weight excluding hydrogens is 298 g/mol. The highest BCUT2D eigenvalue weighted by atomic mass is 32.2. The van der Waals surface area contributed by atoms with Gasteiger partial charge in [-0.25, -0.2) is 8.42 Å². The third-order valence-corrected chi connectivity index (χ3v) is 7.32. The summed E-state index contributed by atoms with van der Waals surface area (Å²) in [5.41, 5.74) is 0.935. The molecule has 1 atom stereocenters. The predicted octanol–water partition coefficient (Wildman–Crippen LogP) is 2.40. The number of aromatic nitrogens is 2. The Morgan fingerprint density at radius 1 is 1.36 bits per heavy atom. The van der Waals surface area contributed by atoms with Crippen LogP contribution < -0.4 is 0 Å². The van der Waals surface area contributed by atoms with Gasteiger partial charge in [-0.1, -0.05) is 19.3 Å². The minimum Gasteiger partial charge on any atom is -0.296 e. The molecule has 0 radical (unpaired) electrons. The van der Waals surface area contributed by atoms with Crippen LogP contribution in [0.25, 0.3) is 0 Å². The third kappa shape index (κ3) is 3.38. The summed E-state index contributed by atoms with van der Waals surface area (Å²) in [6.07, 6.45) is 11.2. The van der Waals surface area contributed by atoms with Crippen molar-refractivity contribution in [1.29, 1.82) is 0 Å². The molecule has 1 aromatic heterocycles. The first kappa shape index (κ1) is 16.0. The van der Waals surface area contributed by atoms with Crippen LogP contribution in [0.3, 0.4) is 0 Å². The smallest absolute Gasteiger partial charge is 0.152 e. The van der Waals surface area contributed by atoms with Gasteiger partial charge in [0.05, 0.1) is 23.7 Å². The van der Waals surface area contributed by atoms with Gasteiger partial charge in [-0.3, -0.25) is 9.58 Å². The van der Waals surface area contributed by atoms with E-state index >= 15 is 0 Å². The second-order valence-corrected chi connectivity index (χ2v) is 9.50. The van der Waals surface area contributed by atoms with Crippen molar-refractivity contribution in [2.45, 2.75) is 63.6 Å². The molecule has 6 heteroatoms. The molecule has 1 unspecified atom stereocenters. The Morgan fingerprint density at radius 2 is 2.09 bits per heavy atom. The summed E-state index contributed by atoms with van der Waals surface area (Å²) < 4.78 is 25.7. The lowest BCUT2D eigenvalue weighted by Crippen LogP contribution is -2.44. The van der Waals surface area contributed by atoms with E-state index in [-0.39, 0.29) is 11.3 Å². The molecule has 124 valence electrons. The van der Waals surface area contributed by atoms with Crippen LogP contribution >= 0.6 is 0 Å². The van der Waals surface area contributed by atoms with Crippen LogP contribution in [-0.4, -0.2) is 47.2 Å². The van der Waals surface area contributed by atoms with E-state index in [9.17, 15) is 8.42 Å². The first-order chi connectivity index (χ1) is 10.4. The summed E-state index contributed by atoms with van der Waals surface area (Å²) in [5.74, 6) is 0.586. The maximum atomic E-state index is 11.8. The zero-order valence-corrected chi connectivity index (χ0v) is 14.5. The molecular formula is C16H27N3O2S. The fraction of sp³-hybridized carbons (Fsp3) is 0.812. The summed E-state index contributed by atoms with van der Waals surface area (Å²) in [5, 5.41) is 4.54.